The number of nitrogens with one attached hydrogen (secondary N) is 1. The average Bonchev–Trinajstić information content (AvgIpc) is 3.16. The average molecular weight is 452 g/mol. The van der Waals surface area contributed by atoms with Gasteiger partial charge in [0, 0.05) is 12.2 Å². The molecular formula is C23H25N5O3S. The molecule has 3 amide bonds. The number of aromatic nitrogens is 1. The van der Waals surface area contributed by atoms with Gasteiger partial charge < -0.3 is 16.8 Å². The molecule has 1 aromatic heterocycles. The van der Waals surface area contributed by atoms with Crippen molar-refractivity contribution in [3.05, 3.63) is 75.8 Å². The lowest BCUT2D eigenvalue weighted by Crippen LogP contribution is -2.48. The van der Waals surface area contributed by atoms with Crippen LogP contribution in [0.3, 0.4) is 0 Å². The van der Waals surface area contributed by atoms with E-state index in [-0.39, 0.29) is 22.2 Å². The van der Waals surface area contributed by atoms with Crippen LogP contribution in [0.25, 0.3) is 0 Å². The molecule has 8 nitrogen and oxygen atoms in total. The van der Waals surface area contributed by atoms with E-state index < -0.39 is 17.9 Å². The van der Waals surface area contributed by atoms with Gasteiger partial charge in [0.15, 0.2) is 5.69 Å². The number of carbonyl (C=O) groups excluding carboxylic acids is 3. The SMILES string of the molecule is Cc1ccc(N(C(=O)c2snc(C(N)=O)c2N)[C@H](C)C(=O)NCc2ccccc2)cc1C. The highest BCUT2D eigenvalue weighted by atomic mass is 32.1. The van der Waals surface area contributed by atoms with E-state index in [1.165, 1.54) is 4.90 Å². The summed E-state index contributed by atoms with van der Waals surface area (Å²) in [6, 6.07) is 14.1. The zero-order chi connectivity index (χ0) is 23.4. The molecule has 0 fully saturated rings. The molecule has 1 heterocycles. The first-order valence-electron chi connectivity index (χ1n) is 9.98. The van der Waals surface area contributed by atoms with Gasteiger partial charge in [-0.3, -0.25) is 19.3 Å². The summed E-state index contributed by atoms with van der Waals surface area (Å²) in [7, 11) is 0. The van der Waals surface area contributed by atoms with E-state index in [2.05, 4.69) is 9.69 Å². The molecule has 0 saturated heterocycles. The maximum absolute atomic E-state index is 13.5. The molecule has 9 heteroatoms. The van der Waals surface area contributed by atoms with Crippen molar-refractivity contribution >= 4 is 40.6 Å². The van der Waals surface area contributed by atoms with Crippen molar-refractivity contribution in [3.8, 4) is 0 Å². The largest absolute Gasteiger partial charge is 0.395 e. The number of nitrogens with zero attached hydrogens (tertiary/aromatic N) is 2. The van der Waals surface area contributed by atoms with Gasteiger partial charge >= 0.3 is 0 Å². The van der Waals surface area contributed by atoms with Crippen molar-refractivity contribution in [1.29, 1.82) is 0 Å². The smallest absolute Gasteiger partial charge is 0.272 e. The zero-order valence-corrected chi connectivity index (χ0v) is 18.9. The Bertz CT molecular complexity index is 1160. The summed E-state index contributed by atoms with van der Waals surface area (Å²) in [5.41, 5.74) is 14.5. The molecule has 2 aromatic carbocycles. The number of carbonyl (C=O) groups is 3. The summed E-state index contributed by atoms with van der Waals surface area (Å²) < 4.78 is 3.92. The summed E-state index contributed by atoms with van der Waals surface area (Å²) in [4.78, 5) is 39.5. The summed E-state index contributed by atoms with van der Waals surface area (Å²) in [5, 5.41) is 2.87. The maximum Gasteiger partial charge on any atom is 0.272 e. The second kappa shape index (κ2) is 9.61. The van der Waals surface area contributed by atoms with Gasteiger partial charge in [-0.15, -0.1) is 0 Å². The third kappa shape index (κ3) is 4.78. The number of nitrogen functional groups attached to an aromatic ring is 1. The van der Waals surface area contributed by atoms with Crippen LogP contribution in [0.1, 0.15) is 43.8 Å². The first kappa shape index (κ1) is 23.0. The van der Waals surface area contributed by atoms with E-state index in [1.54, 1.807) is 13.0 Å². The molecule has 0 spiro atoms. The molecule has 0 aliphatic carbocycles. The Hall–Kier alpha value is -3.72. The van der Waals surface area contributed by atoms with Crippen molar-refractivity contribution in [3.63, 3.8) is 0 Å². The molecular weight excluding hydrogens is 426 g/mol. The quantitative estimate of drug-likeness (QED) is 0.508. The fourth-order valence-corrected chi connectivity index (χ4v) is 3.92. The van der Waals surface area contributed by atoms with Gasteiger partial charge in [-0.05, 0) is 61.1 Å². The highest BCUT2D eigenvalue weighted by molar-refractivity contribution is 7.09. The Morgan fingerprint density at radius 1 is 1.09 bits per heavy atom. The monoisotopic (exact) mass is 451 g/mol. The number of amides is 3. The molecule has 0 unspecified atom stereocenters. The number of hydrogen-bond acceptors (Lipinski definition) is 6. The summed E-state index contributed by atoms with van der Waals surface area (Å²) >= 11 is 0.784. The van der Waals surface area contributed by atoms with Crippen LogP contribution in [-0.4, -0.2) is 28.1 Å². The fourth-order valence-electron chi connectivity index (χ4n) is 3.18. The van der Waals surface area contributed by atoms with Gasteiger partial charge in [0.05, 0.1) is 5.69 Å². The van der Waals surface area contributed by atoms with Crippen LogP contribution in [0.2, 0.25) is 0 Å². The highest BCUT2D eigenvalue weighted by Crippen LogP contribution is 2.28. The van der Waals surface area contributed by atoms with Gasteiger partial charge in [0.1, 0.15) is 10.9 Å². The predicted molar refractivity (Wildman–Crippen MR) is 126 cm³/mol. The van der Waals surface area contributed by atoms with E-state index >= 15 is 0 Å². The number of aryl methyl sites for hydroxylation is 2. The van der Waals surface area contributed by atoms with E-state index in [0.29, 0.717) is 12.2 Å². The lowest BCUT2D eigenvalue weighted by atomic mass is 10.1. The van der Waals surface area contributed by atoms with Crippen molar-refractivity contribution in [2.24, 2.45) is 5.73 Å². The van der Waals surface area contributed by atoms with Gasteiger partial charge in [0.25, 0.3) is 11.8 Å². The standard InChI is InChI=1S/C23H25N5O3S/c1-13-9-10-17(11-14(13)2)28(23(31)20-18(24)19(21(25)29)27-32-20)15(3)22(30)26-12-16-7-5-4-6-8-16/h4-11,15H,12,24H2,1-3H3,(H2,25,29)(H,26,30)/t15-/m1/s1. The minimum atomic E-state index is -0.855. The normalized spacial score (nSPS) is 11.6. The van der Waals surface area contributed by atoms with E-state index in [0.717, 1.165) is 28.2 Å². The molecule has 0 aliphatic rings. The molecule has 166 valence electrons. The molecule has 0 bridgehead atoms. The molecule has 0 saturated carbocycles. The Labute approximate surface area is 190 Å². The second-order valence-electron chi connectivity index (χ2n) is 7.46. The molecule has 3 rings (SSSR count). The number of anilines is 2. The molecule has 32 heavy (non-hydrogen) atoms. The lowest BCUT2D eigenvalue weighted by molar-refractivity contribution is -0.122. The maximum atomic E-state index is 13.5. The molecule has 1 atom stereocenters. The van der Waals surface area contributed by atoms with Gasteiger partial charge in [-0.1, -0.05) is 36.4 Å². The Balaban J connectivity index is 1.94. The van der Waals surface area contributed by atoms with Crippen molar-refractivity contribution in [1.82, 2.24) is 9.69 Å². The molecule has 0 aliphatic heterocycles. The van der Waals surface area contributed by atoms with Crippen LogP contribution < -0.4 is 21.7 Å². The van der Waals surface area contributed by atoms with Crippen molar-refractivity contribution in [2.45, 2.75) is 33.4 Å². The van der Waals surface area contributed by atoms with Crippen LogP contribution >= 0.6 is 11.5 Å². The van der Waals surface area contributed by atoms with Gasteiger partial charge in [-0.2, -0.15) is 4.37 Å². The van der Waals surface area contributed by atoms with Crippen molar-refractivity contribution in [2.75, 3.05) is 10.6 Å². The Morgan fingerprint density at radius 3 is 2.38 bits per heavy atom. The number of benzene rings is 2. The van der Waals surface area contributed by atoms with Crippen LogP contribution in [0.5, 0.6) is 0 Å². The summed E-state index contributed by atoms with van der Waals surface area (Å²) in [6.45, 7) is 5.85. The van der Waals surface area contributed by atoms with Crippen LogP contribution in [0.15, 0.2) is 48.5 Å². The Morgan fingerprint density at radius 2 is 1.78 bits per heavy atom. The van der Waals surface area contributed by atoms with Crippen LogP contribution in [-0.2, 0) is 11.3 Å². The predicted octanol–water partition coefficient (Wildman–Crippen LogP) is 2.79. The minimum absolute atomic E-state index is 0.0553. The zero-order valence-electron chi connectivity index (χ0n) is 18.1. The van der Waals surface area contributed by atoms with E-state index in [9.17, 15) is 14.4 Å². The fraction of sp³-hybridized carbons (Fsp3) is 0.217. The van der Waals surface area contributed by atoms with Crippen LogP contribution in [0.4, 0.5) is 11.4 Å². The molecule has 0 radical (unpaired) electrons. The van der Waals surface area contributed by atoms with Crippen LogP contribution in [0, 0.1) is 13.8 Å². The number of primary amides is 1. The number of hydrogen-bond donors (Lipinski definition) is 3. The van der Waals surface area contributed by atoms with Gasteiger partial charge in [-0.25, -0.2) is 0 Å². The first-order valence-corrected chi connectivity index (χ1v) is 10.8. The highest BCUT2D eigenvalue weighted by Gasteiger charge is 2.32. The van der Waals surface area contributed by atoms with Gasteiger partial charge in [0.2, 0.25) is 5.91 Å². The second-order valence-corrected chi connectivity index (χ2v) is 8.23. The summed E-state index contributed by atoms with van der Waals surface area (Å²) in [5.74, 6) is -1.68. The Kier molecular flexibility index (Phi) is 6.89. The number of rotatable bonds is 7. The van der Waals surface area contributed by atoms with E-state index in [4.69, 9.17) is 11.5 Å². The topological polar surface area (TPSA) is 131 Å². The minimum Gasteiger partial charge on any atom is -0.395 e. The third-order valence-electron chi connectivity index (χ3n) is 5.22. The lowest BCUT2D eigenvalue weighted by Gasteiger charge is -2.29. The molecule has 5 N–H and O–H groups in total. The van der Waals surface area contributed by atoms with E-state index in [1.807, 2.05) is 56.3 Å². The van der Waals surface area contributed by atoms with Crippen molar-refractivity contribution < 1.29 is 14.4 Å². The summed E-state index contributed by atoms with van der Waals surface area (Å²) in [6.07, 6.45) is 0. The first-order chi connectivity index (χ1) is 15.2. The third-order valence-corrected chi connectivity index (χ3v) is 6.07. The number of nitrogens with two attached hydrogens (primary N) is 2. The molecule has 3 aromatic rings.